The number of carbonyl (C=O) groups excluding carboxylic acids is 1. The molecule has 0 saturated carbocycles. The molecule has 0 aliphatic carbocycles. The van der Waals surface area contributed by atoms with Crippen molar-refractivity contribution in [2.45, 2.75) is 32.7 Å². The maximum atomic E-state index is 11.9. The third-order valence-corrected chi connectivity index (χ3v) is 3.55. The number of likely N-dealkylation sites (N-methyl/N-ethyl adjacent to an activating group) is 1. The summed E-state index contributed by atoms with van der Waals surface area (Å²) in [7, 11) is 1.65. The van der Waals surface area contributed by atoms with Crippen molar-refractivity contribution in [2.24, 2.45) is 5.92 Å². The van der Waals surface area contributed by atoms with Crippen LogP contribution >= 0.6 is 0 Å². The van der Waals surface area contributed by atoms with Crippen LogP contribution in [0.5, 0.6) is 0 Å². The molecule has 2 N–H and O–H groups in total. The Hall–Kier alpha value is -0.650. The van der Waals surface area contributed by atoms with Gasteiger partial charge in [-0.15, -0.1) is 0 Å². The van der Waals surface area contributed by atoms with Gasteiger partial charge in [0.1, 0.15) is 0 Å². The van der Waals surface area contributed by atoms with E-state index in [1.165, 1.54) is 12.8 Å². The van der Waals surface area contributed by atoms with Crippen molar-refractivity contribution in [2.75, 3.05) is 46.4 Å². The highest BCUT2D eigenvalue weighted by atomic mass is 16.5. The summed E-state index contributed by atoms with van der Waals surface area (Å²) in [6.07, 6.45) is 2.52. The zero-order chi connectivity index (χ0) is 14.1. The van der Waals surface area contributed by atoms with Crippen molar-refractivity contribution in [1.82, 2.24) is 15.5 Å². The first-order valence-electron chi connectivity index (χ1n) is 7.37. The lowest BCUT2D eigenvalue weighted by atomic mass is 9.99. The molecule has 1 aliphatic rings. The van der Waals surface area contributed by atoms with E-state index in [2.05, 4.69) is 22.5 Å². The molecule has 2 atom stereocenters. The van der Waals surface area contributed by atoms with Crippen molar-refractivity contribution < 1.29 is 9.53 Å². The molecular weight excluding hydrogens is 242 g/mol. The molecule has 1 fully saturated rings. The van der Waals surface area contributed by atoms with Crippen molar-refractivity contribution >= 4 is 5.91 Å². The van der Waals surface area contributed by atoms with Crippen molar-refractivity contribution in [3.8, 4) is 0 Å². The zero-order valence-electron chi connectivity index (χ0n) is 12.6. The Balaban J connectivity index is 2.28. The predicted octanol–water partition coefficient (Wildman–Crippen LogP) is 0.459. The smallest absolute Gasteiger partial charge is 0.234 e. The van der Waals surface area contributed by atoms with Gasteiger partial charge in [0.2, 0.25) is 5.91 Å². The quantitative estimate of drug-likeness (QED) is 0.673. The largest absolute Gasteiger partial charge is 0.383 e. The fraction of sp³-hybridized carbons (Fsp3) is 0.929. The van der Waals surface area contributed by atoms with E-state index in [0.717, 1.165) is 26.2 Å². The normalized spacial score (nSPS) is 21.4. The minimum Gasteiger partial charge on any atom is -0.383 e. The number of hydrogen-bond acceptors (Lipinski definition) is 4. The number of nitrogens with zero attached hydrogens (tertiary/aromatic N) is 1. The molecule has 0 aromatic heterocycles. The molecule has 19 heavy (non-hydrogen) atoms. The molecule has 5 nitrogen and oxygen atoms in total. The number of methoxy groups -OCH3 is 1. The van der Waals surface area contributed by atoms with Gasteiger partial charge in [-0.05, 0) is 45.3 Å². The fourth-order valence-corrected chi connectivity index (χ4v) is 2.57. The van der Waals surface area contributed by atoms with Crippen molar-refractivity contribution in [3.63, 3.8) is 0 Å². The molecule has 5 heteroatoms. The number of rotatable bonds is 8. The Morgan fingerprint density at radius 2 is 2.37 bits per heavy atom. The molecule has 112 valence electrons. The minimum absolute atomic E-state index is 0.0764. The first-order valence-corrected chi connectivity index (χ1v) is 7.37. The zero-order valence-corrected chi connectivity index (χ0v) is 12.6. The molecule has 1 saturated heterocycles. The molecule has 0 bridgehead atoms. The number of piperidine rings is 1. The van der Waals surface area contributed by atoms with E-state index in [4.69, 9.17) is 4.74 Å². The third-order valence-electron chi connectivity index (χ3n) is 3.55. The number of carbonyl (C=O) groups is 1. The molecule has 1 amide bonds. The predicted molar refractivity (Wildman–Crippen MR) is 77.2 cm³/mol. The lowest BCUT2D eigenvalue weighted by molar-refractivity contribution is -0.123. The Morgan fingerprint density at radius 1 is 1.58 bits per heavy atom. The highest BCUT2D eigenvalue weighted by molar-refractivity contribution is 5.78. The number of amides is 1. The van der Waals surface area contributed by atoms with E-state index >= 15 is 0 Å². The monoisotopic (exact) mass is 271 g/mol. The molecule has 0 aromatic carbocycles. The summed E-state index contributed by atoms with van der Waals surface area (Å²) in [5.74, 6) is 0.771. The molecule has 2 unspecified atom stereocenters. The molecule has 0 radical (unpaired) electrons. The van der Waals surface area contributed by atoms with Crippen LogP contribution in [0.1, 0.15) is 26.7 Å². The molecule has 1 heterocycles. The Labute approximate surface area is 117 Å². The van der Waals surface area contributed by atoms with Crippen LogP contribution in [0, 0.1) is 5.92 Å². The minimum atomic E-state index is 0.0764. The van der Waals surface area contributed by atoms with Crippen LogP contribution in [0.25, 0.3) is 0 Å². The summed E-state index contributed by atoms with van der Waals surface area (Å²) in [6, 6.07) is 0.0764. The van der Waals surface area contributed by atoms with Crippen LogP contribution in [-0.4, -0.2) is 63.3 Å². The summed E-state index contributed by atoms with van der Waals surface area (Å²) < 4.78 is 5.02. The Bertz CT molecular complexity index is 255. The first-order chi connectivity index (χ1) is 9.15. The second-order valence-electron chi connectivity index (χ2n) is 5.46. The summed E-state index contributed by atoms with van der Waals surface area (Å²) in [4.78, 5) is 14.1. The van der Waals surface area contributed by atoms with Gasteiger partial charge in [-0.2, -0.15) is 0 Å². The maximum absolute atomic E-state index is 11.9. The average Bonchev–Trinajstić information content (AvgIpc) is 2.39. The van der Waals surface area contributed by atoms with Gasteiger partial charge >= 0.3 is 0 Å². The fourth-order valence-electron chi connectivity index (χ4n) is 2.57. The van der Waals surface area contributed by atoms with Crippen LogP contribution in [0.15, 0.2) is 0 Å². The van der Waals surface area contributed by atoms with Gasteiger partial charge in [0, 0.05) is 19.7 Å². The van der Waals surface area contributed by atoms with Gasteiger partial charge in [-0.1, -0.05) is 6.92 Å². The van der Waals surface area contributed by atoms with E-state index < -0.39 is 0 Å². The number of ether oxygens (including phenoxy) is 1. The van der Waals surface area contributed by atoms with Gasteiger partial charge in [-0.3, -0.25) is 9.69 Å². The summed E-state index contributed by atoms with van der Waals surface area (Å²) >= 11 is 0. The van der Waals surface area contributed by atoms with E-state index in [9.17, 15) is 4.79 Å². The van der Waals surface area contributed by atoms with Gasteiger partial charge in [0.25, 0.3) is 0 Å². The Kier molecular flexibility index (Phi) is 8.02. The molecule has 1 rings (SSSR count). The van der Waals surface area contributed by atoms with Crippen LogP contribution in [0.2, 0.25) is 0 Å². The van der Waals surface area contributed by atoms with Crippen LogP contribution in [-0.2, 0) is 9.53 Å². The lowest BCUT2D eigenvalue weighted by Gasteiger charge is -2.29. The SMILES string of the molecule is CCN(CC(=O)NC(C)COC)CC1CCCNC1. The van der Waals surface area contributed by atoms with Crippen LogP contribution in [0.3, 0.4) is 0 Å². The average molecular weight is 271 g/mol. The van der Waals surface area contributed by atoms with Crippen LogP contribution < -0.4 is 10.6 Å². The summed E-state index contributed by atoms with van der Waals surface area (Å²) in [6.45, 7) is 9.27. The van der Waals surface area contributed by atoms with E-state index in [-0.39, 0.29) is 11.9 Å². The third kappa shape index (κ3) is 6.89. The van der Waals surface area contributed by atoms with Gasteiger partial charge in [0.05, 0.1) is 13.2 Å². The summed E-state index contributed by atoms with van der Waals surface area (Å²) in [5, 5.41) is 6.38. The van der Waals surface area contributed by atoms with Gasteiger partial charge < -0.3 is 15.4 Å². The molecular formula is C14H29N3O2. The van der Waals surface area contributed by atoms with Crippen molar-refractivity contribution in [1.29, 1.82) is 0 Å². The second kappa shape index (κ2) is 9.28. The second-order valence-corrected chi connectivity index (χ2v) is 5.46. The molecule has 1 aliphatic heterocycles. The van der Waals surface area contributed by atoms with Crippen molar-refractivity contribution in [3.05, 3.63) is 0 Å². The van der Waals surface area contributed by atoms with Gasteiger partial charge in [0.15, 0.2) is 0 Å². The topological polar surface area (TPSA) is 53.6 Å². The van der Waals surface area contributed by atoms with E-state index in [1.54, 1.807) is 7.11 Å². The lowest BCUT2D eigenvalue weighted by Crippen LogP contribution is -2.45. The summed E-state index contributed by atoms with van der Waals surface area (Å²) in [5.41, 5.74) is 0. The molecule has 0 spiro atoms. The highest BCUT2D eigenvalue weighted by Gasteiger charge is 2.18. The first kappa shape index (κ1) is 16.4. The molecule has 0 aromatic rings. The number of nitrogens with one attached hydrogen (secondary N) is 2. The van der Waals surface area contributed by atoms with E-state index in [0.29, 0.717) is 19.1 Å². The highest BCUT2D eigenvalue weighted by Crippen LogP contribution is 2.11. The Morgan fingerprint density at radius 3 is 2.95 bits per heavy atom. The van der Waals surface area contributed by atoms with E-state index in [1.807, 2.05) is 6.92 Å². The van der Waals surface area contributed by atoms with Crippen LogP contribution in [0.4, 0.5) is 0 Å². The van der Waals surface area contributed by atoms with Gasteiger partial charge in [-0.25, -0.2) is 0 Å². The number of hydrogen-bond donors (Lipinski definition) is 2. The maximum Gasteiger partial charge on any atom is 0.234 e. The standard InChI is InChI=1S/C14H29N3O2/c1-4-17(9-13-6-5-7-15-8-13)10-14(18)16-12(2)11-19-3/h12-13,15H,4-11H2,1-3H3,(H,16,18).